The minimum Gasteiger partial charge on any atom is -0.369 e. The summed E-state index contributed by atoms with van der Waals surface area (Å²) in [5, 5.41) is 0. The molecule has 2 aliphatic rings. The summed E-state index contributed by atoms with van der Waals surface area (Å²) in [5.74, 6) is 0. The normalized spacial score (nSPS) is 25.7. The maximum atomic E-state index is 4.27. The number of pyridine rings is 1. The number of anilines is 1. The van der Waals surface area contributed by atoms with Crippen LogP contribution in [0.3, 0.4) is 0 Å². The van der Waals surface area contributed by atoms with Crippen molar-refractivity contribution in [3.05, 3.63) is 22.9 Å². The lowest BCUT2D eigenvalue weighted by atomic mass is 10.2. The number of nitrogens with zero attached hydrogens (tertiary/aromatic N) is 3. The van der Waals surface area contributed by atoms with Gasteiger partial charge in [0.15, 0.2) is 0 Å². The second-order valence-corrected chi connectivity index (χ2v) is 5.91. The van der Waals surface area contributed by atoms with Crippen LogP contribution >= 0.6 is 15.9 Å². The van der Waals surface area contributed by atoms with Crippen LogP contribution in [-0.2, 0) is 0 Å². The van der Waals surface area contributed by atoms with Gasteiger partial charge >= 0.3 is 0 Å². The molecule has 92 valence electrons. The lowest BCUT2D eigenvalue weighted by Crippen LogP contribution is -2.36. The van der Waals surface area contributed by atoms with E-state index in [1.54, 1.807) is 0 Å². The SMILES string of the molecule is Brc1cncc(N2CCCN3CCCC3C2)c1. The maximum Gasteiger partial charge on any atom is 0.0564 e. The van der Waals surface area contributed by atoms with E-state index in [4.69, 9.17) is 0 Å². The fraction of sp³-hybridized carbons (Fsp3) is 0.615. The highest BCUT2D eigenvalue weighted by Gasteiger charge is 2.28. The molecule has 2 fully saturated rings. The van der Waals surface area contributed by atoms with Crippen molar-refractivity contribution in [3.8, 4) is 0 Å². The molecule has 17 heavy (non-hydrogen) atoms. The van der Waals surface area contributed by atoms with Crippen molar-refractivity contribution < 1.29 is 0 Å². The predicted molar refractivity (Wildman–Crippen MR) is 73.4 cm³/mol. The molecule has 3 nitrogen and oxygen atoms in total. The molecule has 2 aliphatic heterocycles. The molecule has 4 heteroatoms. The Labute approximate surface area is 111 Å². The monoisotopic (exact) mass is 295 g/mol. The molecule has 0 amide bonds. The molecule has 0 aromatic carbocycles. The summed E-state index contributed by atoms with van der Waals surface area (Å²) in [6.07, 6.45) is 7.83. The van der Waals surface area contributed by atoms with Crippen molar-refractivity contribution in [2.75, 3.05) is 31.1 Å². The van der Waals surface area contributed by atoms with Crippen LogP contribution in [0.5, 0.6) is 0 Å². The van der Waals surface area contributed by atoms with Crippen LogP contribution in [0.4, 0.5) is 5.69 Å². The zero-order valence-corrected chi connectivity index (χ0v) is 11.6. The third-order valence-corrected chi connectivity index (χ3v) is 4.29. The van der Waals surface area contributed by atoms with Gasteiger partial charge in [0.2, 0.25) is 0 Å². The van der Waals surface area contributed by atoms with Crippen LogP contribution < -0.4 is 4.90 Å². The fourth-order valence-electron chi connectivity index (χ4n) is 3.01. The topological polar surface area (TPSA) is 19.4 Å². The van der Waals surface area contributed by atoms with Gasteiger partial charge in [0.1, 0.15) is 0 Å². The van der Waals surface area contributed by atoms with Crippen LogP contribution in [0, 0.1) is 0 Å². The molecule has 1 aromatic heterocycles. The van der Waals surface area contributed by atoms with E-state index < -0.39 is 0 Å². The minimum atomic E-state index is 0.761. The first-order valence-corrected chi connectivity index (χ1v) is 7.22. The van der Waals surface area contributed by atoms with E-state index in [2.05, 4.69) is 36.8 Å². The first kappa shape index (κ1) is 11.5. The lowest BCUT2D eigenvalue weighted by Gasteiger charge is -2.27. The van der Waals surface area contributed by atoms with Crippen molar-refractivity contribution in [1.29, 1.82) is 0 Å². The summed E-state index contributed by atoms with van der Waals surface area (Å²) in [6, 6.07) is 2.94. The van der Waals surface area contributed by atoms with E-state index in [-0.39, 0.29) is 0 Å². The first-order valence-electron chi connectivity index (χ1n) is 6.42. The Morgan fingerprint density at radius 2 is 2.06 bits per heavy atom. The fourth-order valence-corrected chi connectivity index (χ4v) is 3.37. The third kappa shape index (κ3) is 2.47. The average Bonchev–Trinajstić information content (AvgIpc) is 2.66. The van der Waals surface area contributed by atoms with Crippen molar-refractivity contribution in [1.82, 2.24) is 9.88 Å². The number of halogens is 1. The van der Waals surface area contributed by atoms with Gasteiger partial charge in [-0.1, -0.05) is 0 Å². The Morgan fingerprint density at radius 1 is 1.18 bits per heavy atom. The molecule has 0 N–H and O–H groups in total. The Hall–Kier alpha value is -0.610. The minimum absolute atomic E-state index is 0.761. The number of hydrogen-bond acceptors (Lipinski definition) is 3. The number of aromatic nitrogens is 1. The first-order chi connectivity index (χ1) is 8.33. The Balaban J connectivity index is 1.78. The van der Waals surface area contributed by atoms with Gasteiger partial charge in [-0.25, -0.2) is 0 Å². The number of rotatable bonds is 1. The van der Waals surface area contributed by atoms with Crippen LogP contribution in [0.15, 0.2) is 22.9 Å². The van der Waals surface area contributed by atoms with E-state index in [1.807, 2.05) is 12.4 Å². The Kier molecular flexibility index (Phi) is 3.34. The van der Waals surface area contributed by atoms with Crippen LogP contribution in [0.2, 0.25) is 0 Å². The highest BCUT2D eigenvalue weighted by molar-refractivity contribution is 9.10. The molecule has 2 saturated heterocycles. The smallest absolute Gasteiger partial charge is 0.0564 e. The van der Waals surface area contributed by atoms with Gasteiger partial charge in [-0.3, -0.25) is 9.88 Å². The van der Waals surface area contributed by atoms with Gasteiger partial charge in [0, 0.05) is 36.3 Å². The zero-order chi connectivity index (χ0) is 11.7. The van der Waals surface area contributed by atoms with Gasteiger partial charge in [-0.2, -0.15) is 0 Å². The predicted octanol–water partition coefficient (Wildman–Crippen LogP) is 2.52. The molecular weight excluding hydrogens is 278 g/mol. The molecule has 3 rings (SSSR count). The van der Waals surface area contributed by atoms with Crippen LogP contribution in [0.1, 0.15) is 19.3 Å². The maximum absolute atomic E-state index is 4.27. The molecule has 1 atom stereocenters. The standard InChI is InChI=1S/C13H18BrN3/c14-11-7-13(9-15-8-11)17-6-2-5-16-4-1-3-12(16)10-17/h7-9,12H,1-6,10H2. The Bertz CT molecular complexity index is 396. The molecule has 0 aliphatic carbocycles. The summed E-state index contributed by atoms with van der Waals surface area (Å²) >= 11 is 3.51. The van der Waals surface area contributed by atoms with E-state index >= 15 is 0 Å². The molecule has 1 aromatic rings. The molecule has 0 bridgehead atoms. The zero-order valence-electron chi connectivity index (χ0n) is 9.98. The van der Waals surface area contributed by atoms with Crippen molar-refractivity contribution >= 4 is 21.6 Å². The van der Waals surface area contributed by atoms with E-state index in [9.17, 15) is 0 Å². The second kappa shape index (κ2) is 4.94. The van der Waals surface area contributed by atoms with Gasteiger partial charge in [-0.15, -0.1) is 0 Å². The largest absolute Gasteiger partial charge is 0.369 e. The lowest BCUT2D eigenvalue weighted by molar-refractivity contribution is 0.273. The third-order valence-electron chi connectivity index (χ3n) is 3.86. The summed E-state index contributed by atoms with van der Waals surface area (Å²) in [7, 11) is 0. The summed E-state index contributed by atoms with van der Waals surface area (Å²) in [5.41, 5.74) is 1.26. The highest BCUT2D eigenvalue weighted by Crippen LogP contribution is 2.25. The molecule has 0 saturated carbocycles. The molecule has 0 spiro atoms. The van der Waals surface area contributed by atoms with Gasteiger partial charge < -0.3 is 4.90 Å². The van der Waals surface area contributed by atoms with E-state index in [1.165, 1.54) is 38.0 Å². The van der Waals surface area contributed by atoms with E-state index in [0.717, 1.165) is 23.6 Å². The number of fused-ring (bicyclic) bond motifs is 1. The summed E-state index contributed by atoms with van der Waals surface area (Å²) in [6.45, 7) is 4.89. The van der Waals surface area contributed by atoms with Gasteiger partial charge in [0.05, 0.1) is 11.9 Å². The van der Waals surface area contributed by atoms with Crippen LogP contribution in [-0.4, -0.2) is 42.1 Å². The summed E-state index contributed by atoms with van der Waals surface area (Å²) in [4.78, 5) is 9.43. The second-order valence-electron chi connectivity index (χ2n) is 4.99. The van der Waals surface area contributed by atoms with Gasteiger partial charge in [-0.05, 0) is 47.8 Å². The average molecular weight is 296 g/mol. The molecule has 0 radical (unpaired) electrons. The van der Waals surface area contributed by atoms with Gasteiger partial charge in [0.25, 0.3) is 0 Å². The van der Waals surface area contributed by atoms with Crippen molar-refractivity contribution in [3.63, 3.8) is 0 Å². The molecular formula is C13H18BrN3. The van der Waals surface area contributed by atoms with Crippen LogP contribution in [0.25, 0.3) is 0 Å². The number of hydrogen-bond donors (Lipinski definition) is 0. The molecule has 1 unspecified atom stereocenters. The quantitative estimate of drug-likeness (QED) is 0.794. The Morgan fingerprint density at radius 3 is 2.94 bits per heavy atom. The van der Waals surface area contributed by atoms with E-state index in [0.29, 0.717) is 0 Å². The van der Waals surface area contributed by atoms with Crippen molar-refractivity contribution in [2.45, 2.75) is 25.3 Å². The molecule has 3 heterocycles. The highest BCUT2D eigenvalue weighted by atomic mass is 79.9. The van der Waals surface area contributed by atoms with Crippen molar-refractivity contribution in [2.24, 2.45) is 0 Å². The summed E-state index contributed by atoms with van der Waals surface area (Å²) < 4.78 is 1.07.